The summed E-state index contributed by atoms with van der Waals surface area (Å²) in [6, 6.07) is 7.25. The van der Waals surface area contributed by atoms with E-state index in [0.717, 1.165) is 12.0 Å². The molecule has 0 aliphatic carbocycles. The molecule has 0 bridgehead atoms. The van der Waals surface area contributed by atoms with Crippen LogP contribution in [0.5, 0.6) is 0 Å². The molecular formula is C15H15Cl3N2O. The van der Waals surface area contributed by atoms with Crippen molar-refractivity contribution in [2.75, 3.05) is 6.61 Å². The Balaban J connectivity index is 2.47. The Hall–Kier alpha value is -0.870. The Morgan fingerprint density at radius 3 is 2.29 bits per heavy atom. The summed E-state index contributed by atoms with van der Waals surface area (Å²) in [7, 11) is 0. The Morgan fingerprint density at radius 2 is 1.76 bits per heavy atom. The lowest BCUT2D eigenvalue weighted by Gasteiger charge is -2.15. The molecule has 0 N–H and O–H groups in total. The van der Waals surface area contributed by atoms with Crippen molar-refractivity contribution in [1.29, 1.82) is 0 Å². The van der Waals surface area contributed by atoms with Crippen molar-refractivity contribution in [3.63, 3.8) is 0 Å². The number of hydrogen-bond acceptors (Lipinski definition) is 3. The van der Waals surface area contributed by atoms with Gasteiger partial charge in [0.2, 0.25) is 0 Å². The first-order chi connectivity index (χ1) is 10.1. The molecule has 1 aromatic heterocycles. The molecule has 0 spiro atoms. The monoisotopic (exact) mass is 344 g/mol. The summed E-state index contributed by atoms with van der Waals surface area (Å²) < 4.78 is 5.59. The van der Waals surface area contributed by atoms with E-state index >= 15 is 0 Å². The van der Waals surface area contributed by atoms with Crippen molar-refractivity contribution in [3.8, 4) is 11.1 Å². The number of rotatable bonds is 5. The van der Waals surface area contributed by atoms with Gasteiger partial charge in [0.05, 0.1) is 5.56 Å². The molecule has 0 fully saturated rings. The van der Waals surface area contributed by atoms with Gasteiger partial charge in [0, 0.05) is 11.6 Å². The summed E-state index contributed by atoms with van der Waals surface area (Å²) in [6.07, 6.45) is 0.537. The van der Waals surface area contributed by atoms with Crippen LogP contribution in [0.4, 0.5) is 0 Å². The molecular weight excluding hydrogens is 331 g/mol. The van der Waals surface area contributed by atoms with Crippen molar-refractivity contribution in [2.24, 2.45) is 0 Å². The Morgan fingerprint density at radius 1 is 1.10 bits per heavy atom. The lowest BCUT2D eigenvalue weighted by Crippen LogP contribution is -2.09. The maximum atomic E-state index is 6.29. The summed E-state index contributed by atoms with van der Waals surface area (Å²) in [4.78, 5) is 8.66. The van der Waals surface area contributed by atoms with Crippen molar-refractivity contribution in [3.05, 3.63) is 45.4 Å². The Bertz CT molecular complexity index is 611. The highest BCUT2D eigenvalue weighted by Crippen LogP contribution is 2.35. The fraction of sp³-hybridized carbons (Fsp3) is 0.333. The SMILES string of the molecule is CCOC(CC)c1nc(Cl)c(-c2cccc(Cl)c2)c(Cl)n1. The van der Waals surface area contributed by atoms with Crippen LogP contribution in [-0.4, -0.2) is 16.6 Å². The van der Waals surface area contributed by atoms with Gasteiger partial charge in [-0.2, -0.15) is 0 Å². The van der Waals surface area contributed by atoms with Crippen molar-refractivity contribution in [1.82, 2.24) is 9.97 Å². The van der Waals surface area contributed by atoms with Crippen molar-refractivity contribution >= 4 is 34.8 Å². The van der Waals surface area contributed by atoms with Crippen LogP contribution in [0.1, 0.15) is 32.2 Å². The van der Waals surface area contributed by atoms with Crippen LogP contribution in [0.15, 0.2) is 24.3 Å². The zero-order valence-corrected chi connectivity index (χ0v) is 14.0. The first kappa shape index (κ1) is 16.5. The first-order valence-electron chi connectivity index (χ1n) is 6.67. The van der Waals surface area contributed by atoms with Gasteiger partial charge >= 0.3 is 0 Å². The Kier molecular flexibility index (Phi) is 5.82. The van der Waals surface area contributed by atoms with E-state index in [1.807, 2.05) is 26.0 Å². The number of nitrogens with zero attached hydrogens (tertiary/aromatic N) is 2. The fourth-order valence-corrected chi connectivity index (χ4v) is 2.83. The zero-order chi connectivity index (χ0) is 15.4. The van der Waals surface area contributed by atoms with Gasteiger partial charge in [-0.05, 0) is 31.0 Å². The molecule has 0 radical (unpaired) electrons. The summed E-state index contributed by atoms with van der Waals surface area (Å²) in [5.41, 5.74) is 1.37. The van der Waals surface area contributed by atoms with E-state index in [9.17, 15) is 0 Å². The summed E-state index contributed by atoms with van der Waals surface area (Å²) in [6.45, 7) is 4.50. The largest absolute Gasteiger partial charge is 0.371 e. The van der Waals surface area contributed by atoms with Gasteiger partial charge in [-0.1, -0.05) is 53.9 Å². The highest BCUT2D eigenvalue weighted by Gasteiger charge is 2.19. The van der Waals surface area contributed by atoms with E-state index in [1.165, 1.54) is 0 Å². The number of aromatic nitrogens is 2. The van der Waals surface area contributed by atoms with Gasteiger partial charge in [-0.3, -0.25) is 0 Å². The second-order valence-electron chi connectivity index (χ2n) is 4.40. The van der Waals surface area contributed by atoms with Crippen LogP contribution < -0.4 is 0 Å². The average molecular weight is 346 g/mol. The third-order valence-corrected chi connectivity index (χ3v) is 3.76. The lowest BCUT2D eigenvalue weighted by molar-refractivity contribution is 0.0535. The molecule has 2 rings (SSSR count). The number of benzene rings is 1. The molecule has 0 saturated heterocycles. The van der Waals surface area contributed by atoms with E-state index in [4.69, 9.17) is 39.5 Å². The van der Waals surface area contributed by atoms with E-state index in [0.29, 0.717) is 33.3 Å². The van der Waals surface area contributed by atoms with Crippen LogP contribution in [0, 0.1) is 0 Å². The van der Waals surface area contributed by atoms with Gasteiger partial charge in [0.25, 0.3) is 0 Å². The molecule has 0 saturated carbocycles. The minimum Gasteiger partial charge on any atom is -0.371 e. The van der Waals surface area contributed by atoms with Crippen LogP contribution in [0.25, 0.3) is 11.1 Å². The van der Waals surface area contributed by atoms with Crippen LogP contribution in [0.2, 0.25) is 15.3 Å². The number of hydrogen-bond donors (Lipinski definition) is 0. The van der Waals surface area contributed by atoms with Gasteiger partial charge < -0.3 is 4.74 Å². The highest BCUT2D eigenvalue weighted by molar-refractivity contribution is 6.38. The molecule has 6 heteroatoms. The van der Waals surface area contributed by atoms with Crippen molar-refractivity contribution in [2.45, 2.75) is 26.4 Å². The molecule has 1 heterocycles. The standard InChI is InChI=1S/C15H15Cl3N2O/c1-3-11(21-4-2)15-19-13(17)12(14(18)20-15)9-6-5-7-10(16)8-9/h5-8,11H,3-4H2,1-2H3. The lowest BCUT2D eigenvalue weighted by atomic mass is 10.1. The summed E-state index contributed by atoms with van der Waals surface area (Å²) in [5.74, 6) is 0.500. The van der Waals surface area contributed by atoms with E-state index in [-0.39, 0.29) is 6.10 Å². The average Bonchev–Trinajstić information content (AvgIpc) is 2.44. The summed E-state index contributed by atoms with van der Waals surface area (Å²) in [5, 5.41) is 1.19. The second kappa shape index (κ2) is 7.41. The Labute approximate surface area is 139 Å². The minimum atomic E-state index is -0.210. The summed E-state index contributed by atoms with van der Waals surface area (Å²) >= 11 is 18.6. The molecule has 112 valence electrons. The van der Waals surface area contributed by atoms with Gasteiger partial charge in [-0.25, -0.2) is 9.97 Å². The predicted octanol–water partition coefficient (Wildman–Crippen LogP) is 5.59. The second-order valence-corrected chi connectivity index (χ2v) is 5.55. The molecule has 3 nitrogen and oxygen atoms in total. The third kappa shape index (κ3) is 3.86. The smallest absolute Gasteiger partial charge is 0.160 e. The van der Waals surface area contributed by atoms with Gasteiger partial charge in [0.15, 0.2) is 5.82 Å². The van der Waals surface area contributed by atoms with Crippen molar-refractivity contribution < 1.29 is 4.74 Å². The molecule has 0 amide bonds. The van der Waals surface area contributed by atoms with Crippen LogP contribution in [-0.2, 0) is 4.74 Å². The quantitative estimate of drug-likeness (QED) is 0.662. The molecule has 2 aromatic rings. The maximum absolute atomic E-state index is 6.29. The predicted molar refractivity (Wildman–Crippen MR) is 87.2 cm³/mol. The third-order valence-electron chi connectivity index (χ3n) is 2.98. The molecule has 0 aliphatic heterocycles. The van der Waals surface area contributed by atoms with Gasteiger partial charge in [-0.15, -0.1) is 0 Å². The van der Waals surface area contributed by atoms with Crippen LogP contribution in [0.3, 0.4) is 0 Å². The highest BCUT2D eigenvalue weighted by atomic mass is 35.5. The maximum Gasteiger partial charge on any atom is 0.160 e. The topological polar surface area (TPSA) is 35.0 Å². The molecule has 21 heavy (non-hydrogen) atoms. The number of halogens is 3. The fourth-order valence-electron chi connectivity index (χ4n) is 2.03. The first-order valence-corrected chi connectivity index (χ1v) is 7.80. The zero-order valence-electron chi connectivity index (χ0n) is 11.7. The molecule has 1 atom stereocenters. The van der Waals surface area contributed by atoms with Crippen LogP contribution >= 0.6 is 34.8 Å². The number of ether oxygens (including phenoxy) is 1. The van der Waals surface area contributed by atoms with E-state index in [2.05, 4.69) is 9.97 Å². The molecule has 1 aromatic carbocycles. The minimum absolute atomic E-state index is 0.210. The van der Waals surface area contributed by atoms with Gasteiger partial charge in [0.1, 0.15) is 16.4 Å². The molecule has 1 unspecified atom stereocenters. The normalized spacial score (nSPS) is 12.4. The molecule has 0 aliphatic rings. The van der Waals surface area contributed by atoms with E-state index in [1.54, 1.807) is 12.1 Å². The van der Waals surface area contributed by atoms with E-state index < -0.39 is 0 Å².